The fourth-order valence-electron chi connectivity index (χ4n) is 3.78. The average Bonchev–Trinajstić information content (AvgIpc) is 2.99. The lowest BCUT2D eigenvalue weighted by Gasteiger charge is -2.20. The van der Waals surface area contributed by atoms with Crippen LogP contribution in [-0.4, -0.2) is 54.8 Å². The summed E-state index contributed by atoms with van der Waals surface area (Å²) in [6.45, 7) is 3.85. The van der Waals surface area contributed by atoms with E-state index >= 15 is 0 Å². The van der Waals surface area contributed by atoms with E-state index in [1.807, 2.05) is 11.0 Å². The molecule has 27 heavy (non-hydrogen) atoms. The number of likely N-dealkylation sites (tertiary alicyclic amines) is 1. The number of fused-ring (bicyclic) bond motifs is 1. The van der Waals surface area contributed by atoms with Crippen LogP contribution in [0.4, 0.5) is 5.69 Å². The lowest BCUT2D eigenvalue weighted by Crippen LogP contribution is -2.34. The first-order valence-corrected chi connectivity index (χ1v) is 10.1. The number of ether oxygens (including phenoxy) is 1. The van der Waals surface area contributed by atoms with Crippen molar-refractivity contribution in [3.05, 3.63) is 33.9 Å². The topological polar surface area (TPSA) is 84.7 Å². The number of methoxy groups -OCH3 is 1. The number of nitro benzene ring substituents is 1. The van der Waals surface area contributed by atoms with Crippen molar-refractivity contribution >= 4 is 35.8 Å². The summed E-state index contributed by atoms with van der Waals surface area (Å²) < 4.78 is 5.01. The molecule has 0 bridgehead atoms. The van der Waals surface area contributed by atoms with Crippen LogP contribution in [0.2, 0.25) is 0 Å². The number of halogens is 1. The van der Waals surface area contributed by atoms with Crippen LogP contribution in [0.15, 0.2) is 18.2 Å². The highest BCUT2D eigenvalue weighted by Crippen LogP contribution is 2.30. The number of rotatable bonds is 6. The summed E-state index contributed by atoms with van der Waals surface area (Å²) in [6.07, 6.45) is 2.16. The van der Waals surface area contributed by atoms with Gasteiger partial charge in [-0.2, -0.15) is 0 Å². The highest BCUT2D eigenvalue weighted by atomic mass is 35.5. The Kier molecular flexibility index (Phi) is 8.19. The molecule has 7 nitrogen and oxygen atoms in total. The van der Waals surface area contributed by atoms with E-state index in [1.165, 1.54) is 24.9 Å². The predicted molar refractivity (Wildman–Crippen MR) is 109 cm³/mol. The molecule has 0 aliphatic carbocycles. The van der Waals surface area contributed by atoms with Gasteiger partial charge in [-0.25, -0.2) is 0 Å². The Bertz CT molecular complexity index is 662. The molecule has 2 heterocycles. The minimum Gasteiger partial charge on any atom is -0.490 e. The number of benzene rings is 1. The second-order valence-electron chi connectivity index (χ2n) is 6.89. The van der Waals surface area contributed by atoms with Gasteiger partial charge in [0.05, 0.1) is 17.8 Å². The zero-order valence-electron chi connectivity index (χ0n) is 15.4. The van der Waals surface area contributed by atoms with Crippen LogP contribution in [0, 0.1) is 22.0 Å². The highest BCUT2D eigenvalue weighted by Gasteiger charge is 2.31. The van der Waals surface area contributed by atoms with Gasteiger partial charge in [-0.15, -0.1) is 24.2 Å². The first kappa shape index (κ1) is 21.8. The molecule has 9 heteroatoms. The molecular formula is C18H26ClN3O4S. The molecule has 0 spiro atoms. The number of nitro groups is 1. The monoisotopic (exact) mass is 415 g/mol. The molecule has 1 aromatic rings. The maximum Gasteiger partial charge on any atom is 0.311 e. The average molecular weight is 416 g/mol. The lowest BCUT2D eigenvalue weighted by atomic mass is 9.92. The van der Waals surface area contributed by atoms with Crippen LogP contribution in [0.25, 0.3) is 0 Å². The van der Waals surface area contributed by atoms with Crippen molar-refractivity contribution in [2.45, 2.75) is 18.6 Å². The zero-order valence-corrected chi connectivity index (χ0v) is 17.0. The van der Waals surface area contributed by atoms with Crippen LogP contribution >= 0.6 is 24.2 Å². The maximum atomic E-state index is 12.5. The molecule has 2 atom stereocenters. The maximum absolute atomic E-state index is 12.5. The van der Waals surface area contributed by atoms with Gasteiger partial charge in [0, 0.05) is 24.9 Å². The summed E-state index contributed by atoms with van der Waals surface area (Å²) in [5.41, 5.74) is 0.788. The van der Waals surface area contributed by atoms with Crippen molar-refractivity contribution in [1.82, 2.24) is 10.2 Å². The van der Waals surface area contributed by atoms with Gasteiger partial charge in [0.2, 0.25) is 5.91 Å². The number of amides is 1. The fourth-order valence-corrected chi connectivity index (χ4v) is 4.66. The Morgan fingerprint density at radius 3 is 2.59 bits per heavy atom. The van der Waals surface area contributed by atoms with Gasteiger partial charge in [0.1, 0.15) is 0 Å². The van der Waals surface area contributed by atoms with E-state index in [0.717, 1.165) is 44.6 Å². The molecule has 1 amide bonds. The van der Waals surface area contributed by atoms with Gasteiger partial charge in [-0.1, -0.05) is 6.07 Å². The predicted octanol–water partition coefficient (Wildman–Crippen LogP) is 2.72. The SMILES string of the molecule is COc1ccc(CSCC(=O)N2CC[C@@H]3CNC[C@@H]3CC2)cc1[N+](=O)[O-].Cl. The minimum absolute atomic E-state index is 0. The third kappa shape index (κ3) is 5.49. The number of carbonyl (C=O) groups is 1. The molecule has 2 aliphatic heterocycles. The minimum atomic E-state index is -0.443. The van der Waals surface area contributed by atoms with Crippen LogP contribution in [-0.2, 0) is 10.5 Å². The van der Waals surface area contributed by atoms with Crippen LogP contribution in [0.1, 0.15) is 18.4 Å². The molecule has 0 unspecified atom stereocenters. The number of hydrogen-bond donors (Lipinski definition) is 1. The quantitative estimate of drug-likeness (QED) is 0.568. The van der Waals surface area contributed by atoms with Gasteiger partial charge in [0.25, 0.3) is 0 Å². The largest absolute Gasteiger partial charge is 0.490 e. The molecule has 0 saturated carbocycles. The van der Waals surface area contributed by atoms with Gasteiger partial charge in [-0.05, 0) is 49.4 Å². The summed E-state index contributed by atoms with van der Waals surface area (Å²) in [5.74, 6) is 2.82. The summed E-state index contributed by atoms with van der Waals surface area (Å²) in [4.78, 5) is 25.1. The molecule has 2 aliphatic rings. The smallest absolute Gasteiger partial charge is 0.311 e. The van der Waals surface area contributed by atoms with Gasteiger partial charge < -0.3 is 15.0 Å². The zero-order chi connectivity index (χ0) is 18.5. The van der Waals surface area contributed by atoms with Crippen LogP contribution in [0.3, 0.4) is 0 Å². The van der Waals surface area contributed by atoms with Gasteiger partial charge in [-0.3, -0.25) is 14.9 Å². The van der Waals surface area contributed by atoms with E-state index < -0.39 is 4.92 Å². The Morgan fingerprint density at radius 1 is 1.33 bits per heavy atom. The molecule has 150 valence electrons. The van der Waals surface area contributed by atoms with E-state index in [4.69, 9.17) is 4.74 Å². The molecule has 1 aromatic carbocycles. The number of hydrogen-bond acceptors (Lipinski definition) is 6. The first-order chi connectivity index (χ1) is 12.6. The van der Waals surface area contributed by atoms with Crippen molar-refractivity contribution in [2.75, 3.05) is 39.0 Å². The van der Waals surface area contributed by atoms with Crippen molar-refractivity contribution in [3.8, 4) is 5.75 Å². The summed E-state index contributed by atoms with van der Waals surface area (Å²) in [6, 6.07) is 4.94. The number of thioether (sulfide) groups is 1. The highest BCUT2D eigenvalue weighted by molar-refractivity contribution is 7.99. The second kappa shape index (κ2) is 10.1. The normalized spacial score (nSPS) is 21.7. The van der Waals surface area contributed by atoms with Crippen LogP contribution < -0.4 is 10.1 Å². The molecule has 1 N–H and O–H groups in total. The molecular weight excluding hydrogens is 390 g/mol. The summed E-state index contributed by atoms with van der Waals surface area (Å²) in [7, 11) is 1.42. The van der Waals surface area contributed by atoms with Crippen molar-refractivity contribution in [2.24, 2.45) is 11.8 Å². The van der Waals surface area contributed by atoms with E-state index in [0.29, 0.717) is 23.3 Å². The first-order valence-electron chi connectivity index (χ1n) is 8.96. The summed E-state index contributed by atoms with van der Waals surface area (Å²) in [5, 5.41) is 14.5. The lowest BCUT2D eigenvalue weighted by molar-refractivity contribution is -0.385. The van der Waals surface area contributed by atoms with Crippen molar-refractivity contribution in [3.63, 3.8) is 0 Å². The van der Waals surface area contributed by atoms with E-state index in [9.17, 15) is 14.9 Å². The van der Waals surface area contributed by atoms with Crippen LogP contribution in [0.5, 0.6) is 5.75 Å². The van der Waals surface area contributed by atoms with Gasteiger partial charge >= 0.3 is 5.69 Å². The molecule has 2 fully saturated rings. The van der Waals surface area contributed by atoms with Gasteiger partial charge in [0.15, 0.2) is 5.75 Å². The van der Waals surface area contributed by atoms with E-state index in [-0.39, 0.29) is 29.8 Å². The van der Waals surface area contributed by atoms with Crippen molar-refractivity contribution < 1.29 is 14.5 Å². The third-order valence-corrected chi connectivity index (χ3v) is 6.29. The van der Waals surface area contributed by atoms with Crippen molar-refractivity contribution in [1.29, 1.82) is 0 Å². The van der Waals surface area contributed by atoms with E-state index in [2.05, 4.69) is 5.32 Å². The summed E-state index contributed by atoms with van der Waals surface area (Å²) >= 11 is 1.50. The fraction of sp³-hybridized carbons (Fsp3) is 0.611. The number of nitrogens with zero attached hydrogens (tertiary/aromatic N) is 2. The molecule has 0 aromatic heterocycles. The number of carbonyl (C=O) groups excluding carboxylic acids is 1. The van der Waals surface area contributed by atoms with E-state index in [1.54, 1.807) is 6.07 Å². The third-order valence-electron chi connectivity index (χ3n) is 5.31. The molecule has 2 saturated heterocycles. The molecule has 0 radical (unpaired) electrons. The Morgan fingerprint density at radius 2 is 2.00 bits per heavy atom. The molecule has 3 rings (SSSR count). The number of nitrogens with one attached hydrogen (secondary N) is 1. The Hall–Kier alpha value is -1.51. The Labute approximate surface area is 169 Å². The standard InChI is InChI=1S/C18H25N3O4S.ClH/c1-25-17-3-2-13(8-16(17)21(23)24)11-26-12-18(22)20-6-4-14-9-19-10-15(14)5-7-20;/h2-3,8,14-15,19H,4-7,9-12H2,1H3;1H/t14-,15+;. The second-order valence-corrected chi connectivity index (χ2v) is 7.88. The Balaban J connectivity index is 0.00000261.